The number of rotatable bonds is 5. The molecule has 2 aromatic carbocycles. The van der Waals surface area contributed by atoms with Crippen LogP contribution >= 0.6 is 0 Å². The molecular weight excluding hydrogens is 400 g/mol. The van der Waals surface area contributed by atoms with Crippen LogP contribution in [-0.4, -0.2) is 42.9 Å². The predicted octanol–water partition coefficient (Wildman–Crippen LogP) is 3.12. The van der Waals surface area contributed by atoms with Crippen molar-refractivity contribution in [2.75, 3.05) is 19.5 Å². The van der Waals surface area contributed by atoms with Gasteiger partial charge in [-0.15, -0.1) is 0 Å². The molecule has 4 rings (SSSR count). The Kier molecular flexibility index (Phi) is 5.31. The third kappa shape index (κ3) is 3.58. The number of anilines is 1. The lowest BCUT2D eigenvalue weighted by Crippen LogP contribution is -2.43. The molecule has 0 saturated carbocycles. The van der Waals surface area contributed by atoms with Gasteiger partial charge in [-0.3, -0.25) is 14.5 Å². The summed E-state index contributed by atoms with van der Waals surface area (Å²) in [4.78, 5) is 39.8. The van der Waals surface area contributed by atoms with E-state index in [9.17, 15) is 14.4 Å². The van der Waals surface area contributed by atoms with E-state index < -0.39 is 18.2 Å². The van der Waals surface area contributed by atoms with Crippen LogP contribution < -0.4 is 14.8 Å². The van der Waals surface area contributed by atoms with E-state index in [-0.39, 0.29) is 29.5 Å². The highest BCUT2D eigenvalue weighted by atomic mass is 16.6. The average molecular weight is 424 g/mol. The lowest BCUT2D eigenvalue weighted by atomic mass is 10.0. The molecule has 0 radical (unpaired) electrons. The molecule has 2 aliphatic heterocycles. The number of cyclic esters (lactones) is 1. The monoisotopic (exact) mass is 424 g/mol. The minimum absolute atomic E-state index is 0.196. The Labute approximate surface area is 180 Å². The molecule has 2 aromatic rings. The van der Waals surface area contributed by atoms with Gasteiger partial charge < -0.3 is 19.5 Å². The highest BCUT2D eigenvalue weighted by molar-refractivity contribution is 6.01. The van der Waals surface area contributed by atoms with Crippen LogP contribution in [-0.2, 0) is 14.3 Å². The summed E-state index contributed by atoms with van der Waals surface area (Å²) >= 11 is 0. The van der Waals surface area contributed by atoms with Crippen LogP contribution in [0, 0.1) is 13.8 Å². The molecule has 2 amide bonds. The average Bonchev–Trinajstić information content (AvgIpc) is 3.26. The van der Waals surface area contributed by atoms with Gasteiger partial charge in [0.25, 0.3) is 0 Å². The molecule has 2 unspecified atom stereocenters. The summed E-state index contributed by atoms with van der Waals surface area (Å²) in [5, 5.41) is 2.90. The van der Waals surface area contributed by atoms with Gasteiger partial charge in [-0.05, 0) is 55.7 Å². The molecule has 162 valence electrons. The van der Waals surface area contributed by atoms with Crippen LogP contribution in [0.4, 0.5) is 5.69 Å². The number of esters is 1. The van der Waals surface area contributed by atoms with E-state index in [2.05, 4.69) is 5.32 Å². The Morgan fingerprint density at radius 2 is 1.81 bits per heavy atom. The number of amides is 2. The second kappa shape index (κ2) is 7.94. The molecule has 2 heterocycles. The maximum atomic E-state index is 13.1. The summed E-state index contributed by atoms with van der Waals surface area (Å²) in [5.41, 5.74) is 3.39. The van der Waals surface area contributed by atoms with E-state index >= 15 is 0 Å². The molecule has 0 aliphatic carbocycles. The number of hydrogen-bond acceptors (Lipinski definition) is 6. The van der Waals surface area contributed by atoms with E-state index in [0.717, 1.165) is 11.1 Å². The van der Waals surface area contributed by atoms with Gasteiger partial charge in [0.05, 0.1) is 14.2 Å². The Morgan fingerprint density at radius 3 is 2.45 bits per heavy atom. The maximum Gasteiger partial charge on any atom is 0.344 e. The normalized spacial score (nSPS) is 19.8. The minimum atomic E-state index is -0.993. The predicted molar refractivity (Wildman–Crippen MR) is 112 cm³/mol. The summed E-state index contributed by atoms with van der Waals surface area (Å²) in [6.07, 6.45) is -0.458. The fourth-order valence-electron chi connectivity index (χ4n) is 4.32. The molecule has 2 atom stereocenters. The van der Waals surface area contributed by atoms with Gasteiger partial charge in [0.1, 0.15) is 11.6 Å². The first-order valence-electron chi connectivity index (χ1n) is 10.00. The summed E-state index contributed by atoms with van der Waals surface area (Å²) in [6.45, 7) is 3.90. The number of ether oxygens (including phenoxy) is 3. The molecule has 0 spiro atoms. The van der Waals surface area contributed by atoms with Gasteiger partial charge in [0, 0.05) is 17.7 Å². The van der Waals surface area contributed by atoms with Crippen LogP contribution in [0.1, 0.15) is 46.1 Å². The number of aryl methyl sites for hydroxylation is 2. The van der Waals surface area contributed by atoms with E-state index in [1.807, 2.05) is 32.0 Å². The molecule has 1 N–H and O–H groups in total. The molecular formula is C23H24N2O6. The number of hydrogen-bond donors (Lipinski definition) is 1. The lowest BCUT2D eigenvalue weighted by molar-refractivity contribution is -0.144. The minimum Gasteiger partial charge on any atom is -0.493 e. The highest BCUT2D eigenvalue weighted by Gasteiger charge is 2.47. The van der Waals surface area contributed by atoms with Crippen molar-refractivity contribution >= 4 is 23.5 Å². The summed E-state index contributed by atoms with van der Waals surface area (Å²) < 4.78 is 16.2. The topological polar surface area (TPSA) is 94.2 Å². The van der Waals surface area contributed by atoms with Crippen molar-refractivity contribution in [2.45, 2.75) is 39.0 Å². The number of carbonyl (C=O) groups is 3. The van der Waals surface area contributed by atoms with Crippen LogP contribution in [0.3, 0.4) is 0 Å². The SMILES string of the molecule is COc1ccc2c(c1OC)C(=O)OC2N1C(=O)CCC1C(=O)Nc1cc(C)cc(C)c1. The fraction of sp³-hybridized carbons (Fsp3) is 0.348. The van der Waals surface area contributed by atoms with E-state index in [0.29, 0.717) is 23.4 Å². The maximum absolute atomic E-state index is 13.1. The third-order valence-electron chi connectivity index (χ3n) is 5.57. The van der Waals surface area contributed by atoms with Crippen LogP contribution in [0.25, 0.3) is 0 Å². The highest BCUT2D eigenvalue weighted by Crippen LogP contribution is 2.45. The molecule has 2 aliphatic rings. The van der Waals surface area contributed by atoms with E-state index in [1.165, 1.54) is 19.1 Å². The summed E-state index contributed by atoms with van der Waals surface area (Å²) in [7, 11) is 2.90. The second-order valence-corrected chi connectivity index (χ2v) is 7.74. The Bertz CT molecular complexity index is 1060. The van der Waals surface area contributed by atoms with Crippen molar-refractivity contribution in [1.82, 2.24) is 4.90 Å². The van der Waals surface area contributed by atoms with Gasteiger partial charge >= 0.3 is 5.97 Å². The Hall–Kier alpha value is -3.55. The van der Waals surface area contributed by atoms with Crippen molar-refractivity contribution in [1.29, 1.82) is 0 Å². The molecule has 0 bridgehead atoms. The molecule has 31 heavy (non-hydrogen) atoms. The number of methoxy groups -OCH3 is 2. The number of nitrogens with one attached hydrogen (secondary N) is 1. The molecule has 0 aromatic heterocycles. The molecule has 8 nitrogen and oxygen atoms in total. The van der Waals surface area contributed by atoms with Crippen molar-refractivity contribution in [3.8, 4) is 11.5 Å². The first-order valence-corrected chi connectivity index (χ1v) is 10.00. The zero-order valence-electron chi connectivity index (χ0n) is 17.9. The third-order valence-corrected chi connectivity index (χ3v) is 5.57. The van der Waals surface area contributed by atoms with Crippen LogP contribution in [0.15, 0.2) is 30.3 Å². The van der Waals surface area contributed by atoms with Crippen LogP contribution in [0.5, 0.6) is 11.5 Å². The standard InChI is InChI=1S/C23H24N2O6/c1-12-9-13(2)11-14(10-12)24-21(27)16-6-8-18(26)25(16)22-15-5-7-17(29-3)20(30-4)19(15)23(28)31-22/h5,7,9-11,16,22H,6,8H2,1-4H3,(H,24,27). The molecule has 8 heteroatoms. The Morgan fingerprint density at radius 1 is 1.10 bits per heavy atom. The summed E-state index contributed by atoms with van der Waals surface area (Å²) in [6, 6.07) is 8.30. The summed E-state index contributed by atoms with van der Waals surface area (Å²) in [5.74, 6) is -0.558. The zero-order chi connectivity index (χ0) is 22.3. The van der Waals surface area contributed by atoms with Gasteiger partial charge in [-0.2, -0.15) is 0 Å². The lowest BCUT2D eigenvalue weighted by Gasteiger charge is -2.29. The number of nitrogens with zero attached hydrogens (tertiary/aromatic N) is 1. The van der Waals surface area contributed by atoms with Crippen molar-refractivity contribution in [3.63, 3.8) is 0 Å². The van der Waals surface area contributed by atoms with Crippen molar-refractivity contribution in [3.05, 3.63) is 52.6 Å². The first-order chi connectivity index (χ1) is 14.8. The number of fused-ring (bicyclic) bond motifs is 1. The number of likely N-dealkylation sites (tertiary alicyclic amines) is 1. The van der Waals surface area contributed by atoms with Gasteiger partial charge in [0.2, 0.25) is 18.0 Å². The van der Waals surface area contributed by atoms with Crippen molar-refractivity contribution in [2.24, 2.45) is 0 Å². The number of carbonyl (C=O) groups excluding carboxylic acids is 3. The quantitative estimate of drug-likeness (QED) is 0.742. The number of benzene rings is 2. The van der Waals surface area contributed by atoms with Gasteiger partial charge in [-0.25, -0.2) is 4.79 Å². The first kappa shape index (κ1) is 20.7. The molecule has 1 fully saturated rings. The van der Waals surface area contributed by atoms with Gasteiger partial charge in [-0.1, -0.05) is 6.07 Å². The van der Waals surface area contributed by atoms with Gasteiger partial charge in [0.15, 0.2) is 11.5 Å². The van der Waals surface area contributed by atoms with E-state index in [1.54, 1.807) is 12.1 Å². The largest absolute Gasteiger partial charge is 0.493 e. The smallest absolute Gasteiger partial charge is 0.344 e. The molecule has 1 saturated heterocycles. The second-order valence-electron chi connectivity index (χ2n) is 7.74. The van der Waals surface area contributed by atoms with E-state index in [4.69, 9.17) is 14.2 Å². The Balaban J connectivity index is 1.65. The van der Waals surface area contributed by atoms with Crippen molar-refractivity contribution < 1.29 is 28.6 Å². The zero-order valence-corrected chi connectivity index (χ0v) is 17.9. The van der Waals surface area contributed by atoms with Crippen LogP contribution in [0.2, 0.25) is 0 Å². The fourth-order valence-corrected chi connectivity index (χ4v) is 4.32.